The number of hydrogen-bond acceptors (Lipinski definition) is 9. The van der Waals surface area contributed by atoms with Gasteiger partial charge in [-0.1, -0.05) is 0 Å². The maximum atomic E-state index is 13.7. The summed E-state index contributed by atoms with van der Waals surface area (Å²) in [4.78, 5) is 12.5. The van der Waals surface area contributed by atoms with Crippen LogP contribution >= 0.6 is 0 Å². The first-order valence-corrected chi connectivity index (χ1v) is 10.9. The molecule has 1 aromatic carbocycles. The zero-order valence-corrected chi connectivity index (χ0v) is 18.1. The number of pyridine rings is 1. The molecule has 0 fully saturated rings. The Labute approximate surface area is 179 Å². The Morgan fingerprint density at radius 2 is 1.81 bits per heavy atom. The molecule has 0 amide bonds. The summed E-state index contributed by atoms with van der Waals surface area (Å²) in [6, 6.07) is 5.44. The van der Waals surface area contributed by atoms with E-state index < -0.39 is 21.8 Å². The maximum absolute atomic E-state index is 13.7. The number of nitrogens with zero attached hydrogens (tertiary/aromatic N) is 3. The van der Waals surface area contributed by atoms with E-state index in [0.29, 0.717) is 16.9 Å². The van der Waals surface area contributed by atoms with Crippen LogP contribution in [-0.4, -0.2) is 43.8 Å². The highest BCUT2D eigenvalue weighted by Crippen LogP contribution is 2.34. The minimum atomic E-state index is -3.51. The number of methoxy groups -OCH3 is 2. The SMILES string of the molecule is COc1ccc(F)cc1C(C)Oc1nc(-c2cc(S(C)(=O)=O)cnc2OC)cnc1N. The van der Waals surface area contributed by atoms with Gasteiger partial charge in [-0.2, -0.15) is 0 Å². The summed E-state index contributed by atoms with van der Waals surface area (Å²) in [6.07, 6.45) is 2.93. The molecule has 3 aromatic rings. The molecule has 1 unspecified atom stereocenters. The van der Waals surface area contributed by atoms with E-state index in [9.17, 15) is 12.8 Å². The molecule has 3 rings (SSSR count). The summed E-state index contributed by atoms with van der Waals surface area (Å²) in [5.74, 6) is 0.105. The molecule has 2 heterocycles. The van der Waals surface area contributed by atoms with E-state index >= 15 is 0 Å². The second-order valence-electron chi connectivity index (χ2n) is 6.59. The van der Waals surface area contributed by atoms with Crippen LogP contribution in [0.1, 0.15) is 18.6 Å². The van der Waals surface area contributed by atoms with Gasteiger partial charge in [-0.15, -0.1) is 0 Å². The number of benzene rings is 1. The number of anilines is 1. The Hall–Kier alpha value is -3.47. The van der Waals surface area contributed by atoms with Crippen molar-refractivity contribution in [3.8, 4) is 28.8 Å². The van der Waals surface area contributed by atoms with Crippen LogP contribution in [-0.2, 0) is 9.84 Å². The molecule has 0 bridgehead atoms. The van der Waals surface area contributed by atoms with Gasteiger partial charge in [0.1, 0.15) is 17.7 Å². The second-order valence-corrected chi connectivity index (χ2v) is 8.61. The highest BCUT2D eigenvalue weighted by Gasteiger charge is 2.20. The molecule has 2 aromatic heterocycles. The number of sulfone groups is 1. The van der Waals surface area contributed by atoms with Crippen LogP contribution in [0.25, 0.3) is 11.3 Å². The minimum Gasteiger partial charge on any atom is -0.496 e. The second kappa shape index (κ2) is 8.72. The van der Waals surface area contributed by atoms with Gasteiger partial charge in [0, 0.05) is 18.0 Å². The summed E-state index contributed by atoms with van der Waals surface area (Å²) in [6.45, 7) is 1.68. The van der Waals surface area contributed by atoms with Gasteiger partial charge in [-0.25, -0.2) is 27.8 Å². The highest BCUT2D eigenvalue weighted by molar-refractivity contribution is 7.90. The van der Waals surface area contributed by atoms with Crippen LogP contribution in [0.4, 0.5) is 10.2 Å². The molecular weight excluding hydrogens is 427 g/mol. The predicted molar refractivity (Wildman–Crippen MR) is 111 cm³/mol. The molecule has 1 atom stereocenters. The van der Waals surface area contributed by atoms with Crippen LogP contribution < -0.4 is 19.9 Å². The van der Waals surface area contributed by atoms with Gasteiger partial charge in [-0.3, -0.25) is 0 Å². The van der Waals surface area contributed by atoms with Crippen LogP contribution in [0, 0.1) is 5.82 Å². The minimum absolute atomic E-state index is 0.00263. The lowest BCUT2D eigenvalue weighted by atomic mass is 10.1. The quantitative estimate of drug-likeness (QED) is 0.580. The normalized spacial score (nSPS) is 12.3. The number of rotatable bonds is 7. The molecular formula is C20H21FN4O5S. The number of aromatic nitrogens is 3. The van der Waals surface area contributed by atoms with Crippen molar-refractivity contribution in [1.29, 1.82) is 0 Å². The summed E-state index contributed by atoms with van der Waals surface area (Å²) < 4.78 is 53.9. The first kappa shape index (κ1) is 22.2. The van der Waals surface area contributed by atoms with E-state index in [0.717, 1.165) is 6.26 Å². The van der Waals surface area contributed by atoms with Gasteiger partial charge < -0.3 is 19.9 Å². The molecule has 0 radical (unpaired) electrons. The fourth-order valence-corrected chi connectivity index (χ4v) is 3.41. The fourth-order valence-electron chi connectivity index (χ4n) is 2.83. The van der Waals surface area contributed by atoms with E-state index in [2.05, 4.69) is 15.0 Å². The number of halogens is 1. The Morgan fingerprint density at radius 1 is 1.06 bits per heavy atom. The lowest BCUT2D eigenvalue weighted by molar-refractivity contribution is 0.212. The lowest BCUT2D eigenvalue weighted by Crippen LogP contribution is -2.10. The van der Waals surface area contributed by atoms with Gasteiger partial charge in [0.15, 0.2) is 15.7 Å². The molecule has 0 spiro atoms. The van der Waals surface area contributed by atoms with Crippen molar-refractivity contribution in [2.45, 2.75) is 17.9 Å². The van der Waals surface area contributed by atoms with E-state index in [1.807, 2.05) is 0 Å². The summed E-state index contributed by atoms with van der Waals surface area (Å²) in [7, 11) is -0.655. The number of hydrogen-bond donors (Lipinski definition) is 1. The standard InChI is InChI=1S/C20H21FN4O5S/c1-11(14-7-12(21)5-6-17(14)28-2)30-20-18(22)23-10-16(25-20)15-8-13(31(4,26)27)9-24-19(15)29-3/h5-11H,1-4H3,(H2,22,23). The molecule has 0 aliphatic carbocycles. The van der Waals surface area contributed by atoms with Crippen molar-refractivity contribution in [1.82, 2.24) is 15.0 Å². The first-order chi connectivity index (χ1) is 14.6. The van der Waals surface area contributed by atoms with E-state index in [1.165, 1.54) is 50.9 Å². The number of ether oxygens (including phenoxy) is 3. The van der Waals surface area contributed by atoms with E-state index in [1.54, 1.807) is 6.92 Å². The molecule has 0 saturated carbocycles. The third kappa shape index (κ3) is 4.82. The van der Waals surface area contributed by atoms with Crippen molar-refractivity contribution in [2.24, 2.45) is 0 Å². The van der Waals surface area contributed by atoms with Gasteiger partial charge in [0.2, 0.25) is 5.88 Å². The van der Waals surface area contributed by atoms with E-state index in [-0.39, 0.29) is 28.2 Å². The van der Waals surface area contributed by atoms with Crippen molar-refractivity contribution in [2.75, 3.05) is 26.2 Å². The van der Waals surface area contributed by atoms with Gasteiger partial charge in [-0.05, 0) is 31.2 Å². The van der Waals surface area contributed by atoms with Crippen molar-refractivity contribution < 1.29 is 27.0 Å². The summed E-state index contributed by atoms with van der Waals surface area (Å²) >= 11 is 0. The van der Waals surface area contributed by atoms with Crippen LogP contribution in [0.15, 0.2) is 41.6 Å². The average Bonchev–Trinajstić information content (AvgIpc) is 2.74. The molecule has 0 saturated heterocycles. The van der Waals surface area contributed by atoms with Crippen molar-refractivity contribution in [3.05, 3.63) is 48.0 Å². The lowest BCUT2D eigenvalue weighted by Gasteiger charge is -2.18. The Kier molecular flexibility index (Phi) is 6.25. The predicted octanol–water partition coefficient (Wildman–Crippen LogP) is 2.82. The van der Waals surface area contributed by atoms with Gasteiger partial charge in [0.05, 0.1) is 36.6 Å². The summed E-state index contributed by atoms with van der Waals surface area (Å²) in [5, 5.41) is 0. The zero-order chi connectivity index (χ0) is 22.8. The van der Waals surface area contributed by atoms with Crippen molar-refractivity contribution >= 4 is 15.7 Å². The highest BCUT2D eigenvalue weighted by atomic mass is 32.2. The fraction of sp³-hybridized carbons (Fsp3) is 0.250. The molecule has 164 valence electrons. The third-order valence-corrected chi connectivity index (χ3v) is 5.49. The van der Waals surface area contributed by atoms with Crippen LogP contribution in [0.3, 0.4) is 0 Å². The molecule has 2 N–H and O–H groups in total. The molecule has 11 heteroatoms. The number of nitrogen functional groups attached to an aromatic ring is 1. The topological polar surface area (TPSA) is 127 Å². The Morgan fingerprint density at radius 3 is 2.45 bits per heavy atom. The molecule has 9 nitrogen and oxygen atoms in total. The van der Waals surface area contributed by atoms with Crippen LogP contribution in [0.5, 0.6) is 17.5 Å². The molecule has 31 heavy (non-hydrogen) atoms. The molecule has 0 aliphatic heterocycles. The van der Waals surface area contributed by atoms with Gasteiger partial charge >= 0.3 is 0 Å². The average molecular weight is 448 g/mol. The molecule has 0 aliphatic rings. The Balaban J connectivity index is 2.03. The Bertz CT molecular complexity index is 1220. The largest absolute Gasteiger partial charge is 0.496 e. The van der Waals surface area contributed by atoms with Crippen molar-refractivity contribution in [3.63, 3.8) is 0 Å². The zero-order valence-electron chi connectivity index (χ0n) is 17.3. The smallest absolute Gasteiger partial charge is 0.258 e. The third-order valence-electron chi connectivity index (χ3n) is 4.41. The first-order valence-electron chi connectivity index (χ1n) is 9.01. The monoisotopic (exact) mass is 448 g/mol. The number of nitrogens with two attached hydrogens (primary N) is 1. The van der Waals surface area contributed by atoms with Crippen LogP contribution in [0.2, 0.25) is 0 Å². The summed E-state index contributed by atoms with van der Waals surface area (Å²) in [5.41, 5.74) is 6.89. The maximum Gasteiger partial charge on any atom is 0.258 e. The van der Waals surface area contributed by atoms with E-state index in [4.69, 9.17) is 19.9 Å². The van der Waals surface area contributed by atoms with Gasteiger partial charge in [0.25, 0.3) is 5.88 Å².